The first-order valence-corrected chi connectivity index (χ1v) is 10.7. The Balaban J connectivity index is 2.56. The lowest BCUT2D eigenvalue weighted by molar-refractivity contribution is 0.574. The smallest absolute Gasteiger partial charge is 0.164 e. The number of furan rings is 1. The van der Waals surface area contributed by atoms with Crippen molar-refractivity contribution in [3.05, 3.63) is 22.2 Å². The molecule has 4 nitrogen and oxygen atoms in total. The molecule has 0 spiro atoms. The quantitative estimate of drug-likeness (QED) is 0.771. The third-order valence-corrected chi connectivity index (χ3v) is 8.20. The van der Waals surface area contributed by atoms with Crippen molar-refractivity contribution in [1.29, 1.82) is 0 Å². The van der Waals surface area contributed by atoms with Crippen LogP contribution in [0.25, 0.3) is 11.5 Å². The minimum absolute atomic E-state index is 0.422. The second-order valence-electron chi connectivity index (χ2n) is 5.84. The van der Waals surface area contributed by atoms with E-state index in [4.69, 9.17) is 10.2 Å². The van der Waals surface area contributed by atoms with Crippen LogP contribution in [0.5, 0.6) is 0 Å². The van der Waals surface area contributed by atoms with Gasteiger partial charge in [-0.25, -0.2) is 4.98 Å². The van der Waals surface area contributed by atoms with Crippen LogP contribution in [-0.4, -0.2) is 17.3 Å². The molecule has 0 amide bonds. The van der Waals surface area contributed by atoms with Gasteiger partial charge in [0, 0.05) is 23.7 Å². The molecule has 0 aliphatic heterocycles. The van der Waals surface area contributed by atoms with Gasteiger partial charge in [-0.15, -0.1) is 11.3 Å². The molecule has 0 saturated carbocycles. The summed E-state index contributed by atoms with van der Waals surface area (Å²) in [6, 6.07) is 1.85. The fourth-order valence-electron chi connectivity index (χ4n) is 2.54. The number of nitrogens with two attached hydrogens (primary N) is 1. The molecule has 0 unspecified atom stereocenters. The predicted molar refractivity (Wildman–Crippen MR) is 94.6 cm³/mol. The molecule has 0 aliphatic carbocycles. The lowest BCUT2D eigenvalue weighted by atomic mass is 10.1. The van der Waals surface area contributed by atoms with Gasteiger partial charge in [0.2, 0.25) is 0 Å². The van der Waals surface area contributed by atoms with Crippen molar-refractivity contribution in [2.24, 2.45) is 11.7 Å². The molecule has 0 aliphatic rings. The van der Waals surface area contributed by atoms with E-state index in [1.807, 2.05) is 19.9 Å². The van der Waals surface area contributed by atoms with Crippen LogP contribution >= 0.6 is 18.5 Å². The van der Waals surface area contributed by atoms with E-state index >= 15 is 0 Å². The number of thiazole rings is 1. The zero-order valence-corrected chi connectivity index (χ0v) is 15.5. The zero-order valence-electron chi connectivity index (χ0n) is 13.8. The summed E-state index contributed by atoms with van der Waals surface area (Å²) >= 11 is 1.63. The molecule has 0 radical (unpaired) electrons. The van der Waals surface area contributed by atoms with Gasteiger partial charge in [0.15, 0.2) is 5.76 Å². The van der Waals surface area contributed by atoms with E-state index in [1.165, 1.54) is 4.88 Å². The summed E-state index contributed by atoms with van der Waals surface area (Å²) in [5.41, 5.74) is 6.59. The average molecular weight is 340 g/mol. The van der Waals surface area contributed by atoms with Crippen molar-refractivity contribution in [1.82, 2.24) is 4.98 Å². The average Bonchev–Trinajstić information content (AvgIpc) is 3.12. The first kappa shape index (κ1) is 17.5. The van der Waals surface area contributed by atoms with E-state index in [0.717, 1.165) is 22.4 Å². The van der Waals surface area contributed by atoms with E-state index in [-0.39, 0.29) is 0 Å². The number of rotatable bonds is 7. The van der Waals surface area contributed by atoms with E-state index < -0.39 is 7.14 Å². The van der Waals surface area contributed by atoms with Gasteiger partial charge in [-0.05, 0) is 18.4 Å². The molecule has 0 saturated heterocycles. The molecule has 0 fully saturated rings. The SMILES string of the molecule is CCP(=O)(CC)c1ccoc1-c1nc(CN)sc1CC(C)C. The van der Waals surface area contributed by atoms with Crippen molar-refractivity contribution in [2.75, 3.05) is 12.3 Å². The summed E-state index contributed by atoms with van der Waals surface area (Å²) in [6.45, 7) is 8.73. The monoisotopic (exact) mass is 340 g/mol. The lowest BCUT2D eigenvalue weighted by Gasteiger charge is -2.14. The van der Waals surface area contributed by atoms with Gasteiger partial charge in [0.25, 0.3) is 0 Å². The highest BCUT2D eigenvalue weighted by atomic mass is 32.1. The van der Waals surface area contributed by atoms with E-state index in [1.54, 1.807) is 17.6 Å². The van der Waals surface area contributed by atoms with Gasteiger partial charge in [0.05, 0.1) is 11.6 Å². The molecule has 122 valence electrons. The molecule has 0 atom stereocenters. The van der Waals surface area contributed by atoms with Gasteiger partial charge in [-0.1, -0.05) is 27.7 Å². The van der Waals surface area contributed by atoms with Crippen LogP contribution in [0.1, 0.15) is 37.6 Å². The largest absolute Gasteiger partial charge is 0.462 e. The van der Waals surface area contributed by atoms with E-state index in [2.05, 4.69) is 18.8 Å². The molecule has 2 aromatic heterocycles. The first-order valence-electron chi connectivity index (χ1n) is 7.80. The van der Waals surface area contributed by atoms with Crippen LogP contribution in [0, 0.1) is 5.92 Å². The lowest BCUT2D eigenvalue weighted by Crippen LogP contribution is -2.10. The van der Waals surface area contributed by atoms with Crippen LogP contribution in [0.3, 0.4) is 0 Å². The summed E-state index contributed by atoms with van der Waals surface area (Å²) in [4.78, 5) is 5.82. The number of hydrogen-bond donors (Lipinski definition) is 1. The molecule has 22 heavy (non-hydrogen) atoms. The molecule has 6 heteroatoms. The molecule has 2 N–H and O–H groups in total. The highest BCUT2D eigenvalue weighted by Gasteiger charge is 2.29. The minimum atomic E-state index is -2.40. The summed E-state index contributed by atoms with van der Waals surface area (Å²) in [6.07, 6.45) is 3.84. The molecular formula is C16H25N2O2PS. The highest BCUT2D eigenvalue weighted by Crippen LogP contribution is 2.47. The highest BCUT2D eigenvalue weighted by molar-refractivity contribution is 7.71. The van der Waals surface area contributed by atoms with Gasteiger partial charge in [-0.3, -0.25) is 0 Å². The second kappa shape index (κ2) is 7.12. The standard InChI is InChI=1S/C16H25N2O2PS/c1-5-21(19,6-2)12-7-8-20-16(12)15-13(9-11(3)4)22-14(10-17)18-15/h7-8,11H,5-6,9-10,17H2,1-4H3. The maximum absolute atomic E-state index is 13.1. The van der Waals surface area contributed by atoms with Gasteiger partial charge >= 0.3 is 0 Å². The Morgan fingerprint density at radius 2 is 2.05 bits per heavy atom. The topological polar surface area (TPSA) is 69.1 Å². The Bertz CT molecular complexity index is 667. The Morgan fingerprint density at radius 1 is 1.36 bits per heavy atom. The minimum Gasteiger partial charge on any atom is -0.462 e. The molecule has 2 rings (SSSR count). The number of hydrogen-bond acceptors (Lipinski definition) is 5. The van der Waals surface area contributed by atoms with Crippen molar-refractivity contribution in [3.63, 3.8) is 0 Å². The fraction of sp³-hybridized carbons (Fsp3) is 0.562. The Kier molecular flexibility index (Phi) is 5.65. The number of aromatic nitrogens is 1. The summed E-state index contributed by atoms with van der Waals surface area (Å²) < 4.78 is 18.8. The second-order valence-corrected chi connectivity index (χ2v) is 10.5. The van der Waals surface area contributed by atoms with Gasteiger partial charge in [-0.2, -0.15) is 0 Å². The molecule has 2 aromatic rings. The third-order valence-electron chi connectivity index (χ3n) is 3.83. The zero-order chi connectivity index (χ0) is 16.3. The first-order chi connectivity index (χ1) is 10.4. The van der Waals surface area contributed by atoms with Gasteiger partial charge in [0.1, 0.15) is 17.8 Å². The fourth-order valence-corrected chi connectivity index (χ4v) is 5.69. The summed E-state index contributed by atoms with van der Waals surface area (Å²) in [7, 11) is -2.40. The Morgan fingerprint density at radius 3 is 2.59 bits per heavy atom. The molecule has 2 heterocycles. The Labute approximate surface area is 136 Å². The van der Waals surface area contributed by atoms with Gasteiger partial charge < -0.3 is 14.7 Å². The number of nitrogens with zero attached hydrogens (tertiary/aromatic N) is 1. The van der Waals surface area contributed by atoms with Crippen molar-refractivity contribution in [3.8, 4) is 11.5 Å². The van der Waals surface area contributed by atoms with E-state index in [9.17, 15) is 4.57 Å². The van der Waals surface area contributed by atoms with Crippen molar-refractivity contribution >= 4 is 23.8 Å². The summed E-state index contributed by atoms with van der Waals surface area (Å²) in [5, 5.41) is 1.73. The summed E-state index contributed by atoms with van der Waals surface area (Å²) in [5.74, 6) is 1.20. The van der Waals surface area contributed by atoms with Crippen LogP contribution < -0.4 is 11.0 Å². The maximum atomic E-state index is 13.1. The van der Waals surface area contributed by atoms with Crippen LogP contribution in [0.15, 0.2) is 16.7 Å². The molecular weight excluding hydrogens is 315 g/mol. The van der Waals surface area contributed by atoms with Crippen molar-refractivity contribution < 1.29 is 8.98 Å². The maximum Gasteiger partial charge on any atom is 0.164 e. The third kappa shape index (κ3) is 3.37. The van der Waals surface area contributed by atoms with Crippen LogP contribution in [-0.2, 0) is 17.5 Å². The van der Waals surface area contributed by atoms with Crippen molar-refractivity contribution in [2.45, 2.75) is 40.7 Å². The van der Waals surface area contributed by atoms with Crippen LogP contribution in [0.2, 0.25) is 0 Å². The predicted octanol–water partition coefficient (Wildman–Crippen LogP) is 4.09. The van der Waals surface area contributed by atoms with E-state index in [0.29, 0.717) is 30.5 Å². The molecule has 0 bridgehead atoms. The Hall–Kier alpha value is -0.900. The van der Waals surface area contributed by atoms with Crippen LogP contribution in [0.4, 0.5) is 0 Å². The molecule has 0 aromatic carbocycles. The normalized spacial score (nSPS) is 12.3.